The van der Waals surface area contributed by atoms with Crippen LogP contribution in [0.2, 0.25) is 0 Å². The van der Waals surface area contributed by atoms with Crippen molar-refractivity contribution in [2.45, 2.75) is 20.0 Å². The number of benzene rings is 2. The fourth-order valence-electron chi connectivity index (χ4n) is 2.99. The summed E-state index contributed by atoms with van der Waals surface area (Å²) >= 11 is 0. The molecule has 1 aliphatic rings. The summed E-state index contributed by atoms with van der Waals surface area (Å²) in [7, 11) is 0. The van der Waals surface area contributed by atoms with Gasteiger partial charge in [0.05, 0.1) is 5.69 Å². The highest BCUT2D eigenvalue weighted by molar-refractivity contribution is 6.07. The Morgan fingerprint density at radius 1 is 1.23 bits per heavy atom. The Morgan fingerprint density at radius 2 is 1.96 bits per heavy atom. The predicted octanol–water partition coefficient (Wildman–Crippen LogP) is 2.67. The number of carbonyl (C=O) groups is 3. The van der Waals surface area contributed by atoms with E-state index in [-0.39, 0.29) is 18.4 Å². The van der Waals surface area contributed by atoms with Crippen LogP contribution in [0.1, 0.15) is 24.2 Å². The first-order chi connectivity index (χ1) is 12.5. The minimum absolute atomic E-state index is 0.120. The van der Waals surface area contributed by atoms with Crippen LogP contribution in [0.3, 0.4) is 0 Å². The maximum atomic E-state index is 12.9. The molecule has 134 valence electrons. The van der Waals surface area contributed by atoms with E-state index in [9.17, 15) is 14.4 Å². The quantitative estimate of drug-likeness (QED) is 0.776. The first-order valence-corrected chi connectivity index (χ1v) is 8.47. The van der Waals surface area contributed by atoms with Gasteiger partial charge < -0.3 is 9.64 Å². The molecule has 2 aromatic carbocycles. The topological polar surface area (TPSA) is 66.9 Å². The molecule has 0 N–H and O–H groups in total. The number of rotatable bonds is 5. The van der Waals surface area contributed by atoms with Gasteiger partial charge in [0.1, 0.15) is 18.6 Å². The summed E-state index contributed by atoms with van der Waals surface area (Å²) in [5.41, 5.74) is 1.63. The molecule has 0 bridgehead atoms. The molecule has 1 unspecified atom stereocenters. The number of aldehydes is 1. The van der Waals surface area contributed by atoms with Crippen molar-refractivity contribution < 1.29 is 19.1 Å². The van der Waals surface area contributed by atoms with E-state index >= 15 is 0 Å². The van der Waals surface area contributed by atoms with Gasteiger partial charge in [0, 0.05) is 17.8 Å². The Bertz CT molecular complexity index is 835. The second-order valence-corrected chi connectivity index (χ2v) is 6.00. The Labute approximate surface area is 152 Å². The number of hydrogen-bond acceptors (Lipinski definition) is 4. The number of carbonyl (C=O) groups excluding carboxylic acids is 3. The number of nitrogens with zero attached hydrogens (tertiary/aromatic N) is 2. The smallest absolute Gasteiger partial charge is 0.268 e. The van der Waals surface area contributed by atoms with Crippen molar-refractivity contribution in [3.63, 3.8) is 0 Å². The zero-order chi connectivity index (χ0) is 18.7. The molecular formula is C20H20N2O4. The first-order valence-electron chi connectivity index (χ1n) is 8.47. The molecule has 3 rings (SSSR count). The van der Waals surface area contributed by atoms with Crippen LogP contribution in [-0.2, 0) is 9.59 Å². The molecule has 0 aromatic heterocycles. The first kappa shape index (κ1) is 17.7. The molecule has 6 nitrogen and oxygen atoms in total. The van der Waals surface area contributed by atoms with E-state index in [1.807, 2.05) is 37.3 Å². The summed E-state index contributed by atoms with van der Waals surface area (Å²) in [6.45, 7) is 3.89. The van der Waals surface area contributed by atoms with E-state index < -0.39 is 6.10 Å². The molecule has 0 spiro atoms. The largest absolute Gasteiger partial charge is 0.479 e. The monoisotopic (exact) mass is 352 g/mol. The summed E-state index contributed by atoms with van der Waals surface area (Å²) < 4.78 is 5.59. The van der Waals surface area contributed by atoms with Gasteiger partial charge in [-0.15, -0.1) is 0 Å². The number of hydrogen-bond donors (Lipinski definition) is 0. The molecule has 0 radical (unpaired) electrons. The molecule has 6 heteroatoms. The molecule has 0 saturated carbocycles. The molecule has 1 heterocycles. The van der Waals surface area contributed by atoms with E-state index in [4.69, 9.17) is 4.74 Å². The van der Waals surface area contributed by atoms with Crippen molar-refractivity contribution in [1.82, 2.24) is 0 Å². The SMILES string of the molecule is CCN(C(=O)CN1C(=O)C(C)Oc2ccc(C=O)cc21)c1ccccc1. The average molecular weight is 352 g/mol. The van der Waals surface area contributed by atoms with E-state index in [0.717, 1.165) is 5.69 Å². The third-order valence-electron chi connectivity index (χ3n) is 4.31. The lowest BCUT2D eigenvalue weighted by Crippen LogP contribution is -2.49. The van der Waals surface area contributed by atoms with Gasteiger partial charge in [0.2, 0.25) is 5.91 Å². The Morgan fingerprint density at radius 3 is 2.62 bits per heavy atom. The Hall–Kier alpha value is -3.15. The minimum atomic E-state index is -0.691. The number of fused-ring (bicyclic) bond motifs is 1. The van der Waals surface area contributed by atoms with Gasteiger partial charge in [-0.3, -0.25) is 19.3 Å². The summed E-state index contributed by atoms with van der Waals surface area (Å²) in [5, 5.41) is 0. The summed E-state index contributed by atoms with van der Waals surface area (Å²) in [6, 6.07) is 14.1. The Kier molecular flexibility index (Phi) is 5.02. The highest BCUT2D eigenvalue weighted by atomic mass is 16.5. The van der Waals surface area contributed by atoms with Crippen LogP contribution < -0.4 is 14.5 Å². The zero-order valence-corrected chi connectivity index (χ0v) is 14.7. The van der Waals surface area contributed by atoms with Crippen molar-refractivity contribution in [2.75, 3.05) is 22.9 Å². The van der Waals surface area contributed by atoms with Gasteiger partial charge in [0.25, 0.3) is 5.91 Å². The van der Waals surface area contributed by atoms with Crippen molar-refractivity contribution in [3.05, 3.63) is 54.1 Å². The summed E-state index contributed by atoms with van der Waals surface area (Å²) in [5.74, 6) is -0.0279. The molecule has 0 aliphatic carbocycles. The molecule has 26 heavy (non-hydrogen) atoms. The van der Waals surface area contributed by atoms with Gasteiger partial charge in [-0.1, -0.05) is 18.2 Å². The van der Waals surface area contributed by atoms with Crippen LogP contribution in [0, 0.1) is 0 Å². The van der Waals surface area contributed by atoms with Crippen LogP contribution >= 0.6 is 0 Å². The standard InChI is InChI=1S/C20H20N2O4/c1-3-21(16-7-5-4-6-8-16)19(24)12-22-17-11-15(13-23)9-10-18(17)26-14(2)20(22)25/h4-11,13-14H,3,12H2,1-2H3. The number of ether oxygens (including phenoxy) is 1. The van der Waals surface area contributed by atoms with Gasteiger partial charge in [-0.2, -0.15) is 0 Å². The summed E-state index contributed by atoms with van der Waals surface area (Å²) in [6.07, 6.45) is 0.00894. The fraction of sp³-hybridized carbons (Fsp3) is 0.250. The van der Waals surface area contributed by atoms with E-state index in [2.05, 4.69) is 0 Å². The lowest BCUT2D eigenvalue weighted by Gasteiger charge is -2.34. The number of para-hydroxylation sites is 1. The summed E-state index contributed by atoms with van der Waals surface area (Å²) in [4.78, 5) is 39.6. The normalized spacial score (nSPS) is 15.8. The third-order valence-corrected chi connectivity index (χ3v) is 4.31. The van der Waals surface area contributed by atoms with Gasteiger partial charge in [0.15, 0.2) is 6.10 Å². The lowest BCUT2D eigenvalue weighted by molar-refractivity contribution is -0.127. The fourth-order valence-corrected chi connectivity index (χ4v) is 2.99. The molecule has 2 aromatic rings. The minimum Gasteiger partial charge on any atom is -0.479 e. The van der Waals surface area contributed by atoms with Gasteiger partial charge in [-0.25, -0.2) is 0 Å². The molecule has 0 saturated heterocycles. The highest BCUT2D eigenvalue weighted by Crippen LogP contribution is 2.34. The number of likely N-dealkylation sites (N-methyl/N-ethyl adjacent to an activating group) is 1. The van der Waals surface area contributed by atoms with Crippen LogP contribution in [0.5, 0.6) is 5.75 Å². The lowest BCUT2D eigenvalue weighted by atomic mass is 10.1. The molecule has 1 atom stereocenters. The number of amides is 2. The second-order valence-electron chi connectivity index (χ2n) is 6.00. The van der Waals surface area contributed by atoms with Crippen LogP contribution in [0.4, 0.5) is 11.4 Å². The van der Waals surface area contributed by atoms with Crippen molar-refractivity contribution in [3.8, 4) is 5.75 Å². The van der Waals surface area contributed by atoms with Gasteiger partial charge in [-0.05, 0) is 44.2 Å². The van der Waals surface area contributed by atoms with Gasteiger partial charge >= 0.3 is 0 Å². The average Bonchev–Trinajstić information content (AvgIpc) is 2.66. The molecule has 0 fully saturated rings. The second kappa shape index (κ2) is 7.39. The Balaban J connectivity index is 1.92. The maximum Gasteiger partial charge on any atom is 0.268 e. The molecule has 2 amide bonds. The van der Waals surface area contributed by atoms with Crippen LogP contribution in [0.15, 0.2) is 48.5 Å². The van der Waals surface area contributed by atoms with E-state index in [1.54, 1.807) is 30.0 Å². The van der Waals surface area contributed by atoms with Crippen LogP contribution in [-0.4, -0.2) is 37.3 Å². The van der Waals surface area contributed by atoms with E-state index in [0.29, 0.717) is 29.8 Å². The number of anilines is 2. The van der Waals surface area contributed by atoms with E-state index in [1.165, 1.54) is 4.90 Å². The van der Waals surface area contributed by atoms with Crippen LogP contribution in [0.25, 0.3) is 0 Å². The molecular weight excluding hydrogens is 332 g/mol. The van der Waals surface area contributed by atoms with Crippen molar-refractivity contribution >= 4 is 29.5 Å². The highest BCUT2D eigenvalue weighted by Gasteiger charge is 2.33. The predicted molar refractivity (Wildman–Crippen MR) is 98.7 cm³/mol. The maximum absolute atomic E-state index is 12.9. The van der Waals surface area contributed by atoms with Crippen molar-refractivity contribution in [2.24, 2.45) is 0 Å². The zero-order valence-electron chi connectivity index (χ0n) is 14.7. The van der Waals surface area contributed by atoms with Crippen molar-refractivity contribution in [1.29, 1.82) is 0 Å². The third kappa shape index (κ3) is 3.31. The molecule has 1 aliphatic heterocycles.